The molecule has 184 valence electrons. The molecule has 1 aliphatic rings. The highest BCUT2D eigenvalue weighted by Gasteiger charge is 2.26. The van der Waals surface area contributed by atoms with Crippen LogP contribution in [0.3, 0.4) is 0 Å². The van der Waals surface area contributed by atoms with E-state index in [2.05, 4.69) is 27.3 Å². The second kappa shape index (κ2) is 10.2. The minimum atomic E-state index is -0.737. The summed E-state index contributed by atoms with van der Waals surface area (Å²) in [6.45, 7) is 9.08. The van der Waals surface area contributed by atoms with Crippen LogP contribution in [0.5, 0.6) is 0 Å². The summed E-state index contributed by atoms with van der Waals surface area (Å²) in [4.78, 5) is 34.9. The molecule has 35 heavy (non-hydrogen) atoms. The van der Waals surface area contributed by atoms with Crippen LogP contribution in [0.4, 0.5) is 16.2 Å². The molecule has 0 radical (unpaired) electrons. The zero-order valence-corrected chi connectivity index (χ0v) is 20.5. The summed E-state index contributed by atoms with van der Waals surface area (Å²) >= 11 is 0. The Balaban J connectivity index is 1.51. The third-order valence-electron chi connectivity index (χ3n) is 5.62. The lowest BCUT2D eigenvalue weighted by molar-refractivity contribution is 0.0547. The molecule has 0 bridgehead atoms. The largest absolute Gasteiger partial charge is 0.472 e. The van der Waals surface area contributed by atoms with Gasteiger partial charge in [-0.25, -0.2) is 9.78 Å². The summed E-state index contributed by atoms with van der Waals surface area (Å²) in [5.41, 5.74) is 5.36. The molecule has 1 fully saturated rings. The predicted octanol–water partition coefficient (Wildman–Crippen LogP) is 4.18. The van der Waals surface area contributed by atoms with Crippen LogP contribution in [0, 0.1) is 0 Å². The van der Waals surface area contributed by atoms with E-state index in [1.807, 2.05) is 24.3 Å². The van der Waals surface area contributed by atoms with E-state index in [9.17, 15) is 9.59 Å². The Morgan fingerprint density at radius 3 is 2.29 bits per heavy atom. The number of nitrogens with zero attached hydrogens (tertiary/aromatic N) is 4. The summed E-state index contributed by atoms with van der Waals surface area (Å²) < 4.78 is 10.7. The van der Waals surface area contributed by atoms with Crippen molar-refractivity contribution in [1.29, 1.82) is 0 Å². The van der Waals surface area contributed by atoms with Gasteiger partial charge >= 0.3 is 6.09 Å². The number of hydrogen-bond acceptors (Lipinski definition) is 7. The number of pyridine rings is 1. The van der Waals surface area contributed by atoms with Crippen LogP contribution >= 0.6 is 0 Å². The molecule has 1 aliphatic heterocycles. The minimum Gasteiger partial charge on any atom is -0.472 e. The maximum absolute atomic E-state index is 13.0. The van der Waals surface area contributed by atoms with E-state index >= 15 is 0 Å². The fourth-order valence-electron chi connectivity index (χ4n) is 3.69. The summed E-state index contributed by atoms with van der Waals surface area (Å²) in [5, 5.41) is 1.10. The lowest BCUT2D eigenvalue weighted by Crippen LogP contribution is -2.49. The third-order valence-corrected chi connectivity index (χ3v) is 5.62. The van der Waals surface area contributed by atoms with Crippen molar-refractivity contribution in [2.24, 2.45) is 0 Å². The smallest absolute Gasteiger partial charge is 0.434 e. The molecule has 0 atom stereocenters. The first-order chi connectivity index (χ1) is 16.7. The van der Waals surface area contributed by atoms with E-state index in [0.717, 1.165) is 48.0 Å². The Labute approximate surface area is 205 Å². The number of hydrazine groups is 1. The quantitative estimate of drug-likeness (QED) is 0.564. The van der Waals surface area contributed by atoms with Crippen LogP contribution in [0.2, 0.25) is 0 Å². The van der Waals surface area contributed by atoms with Crippen molar-refractivity contribution >= 4 is 23.4 Å². The Morgan fingerprint density at radius 2 is 1.71 bits per heavy atom. The first-order valence-corrected chi connectivity index (χ1v) is 11.6. The number of amides is 2. The maximum Gasteiger partial charge on any atom is 0.434 e. The number of benzene rings is 1. The van der Waals surface area contributed by atoms with Gasteiger partial charge in [0.1, 0.15) is 11.3 Å². The van der Waals surface area contributed by atoms with E-state index < -0.39 is 17.6 Å². The normalized spacial score (nSPS) is 14.5. The van der Waals surface area contributed by atoms with Crippen molar-refractivity contribution in [3.8, 4) is 11.1 Å². The van der Waals surface area contributed by atoms with Crippen molar-refractivity contribution in [2.45, 2.75) is 26.4 Å². The number of nitrogens with one attached hydrogen (secondary N) is 1. The van der Waals surface area contributed by atoms with Gasteiger partial charge in [-0.2, -0.15) is 5.01 Å². The lowest BCUT2D eigenvalue weighted by atomic mass is 10.1. The summed E-state index contributed by atoms with van der Waals surface area (Å²) in [7, 11) is 2.10. The number of piperazine rings is 1. The average Bonchev–Trinajstić information content (AvgIpc) is 3.37. The number of aromatic nitrogens is 1. The molecule has 0 spiro atoms. The van der Waals surface area contributed by atoms with E-state index in [-0.39, 0.29) is 5.69 Å². The number of rotatable bonds is 4. The summed E-state index contributed by atoms with van der Waals surface area (Å²) in [6.07, 6.45) is 4.23. The average molecular weight is 478 g/mol. The summed E-state index contributed by atoms with van der Waals surface area (Å²) in [5.74, 6) is -0.514. The molecule has 0 aliphatic carbocycles. The highest BCUT2D eigenvalue weighted by atomic mass is 16.6. The molecule has 2 aromatic heterocycles. The Morgan fingerprint density at radius 1 is 1.00 bits per heavy atom. The maximum atomic E-state index is 13.0. The van der Waals surface area contributed by atoms with Gasteiger partial charge in [-0.15, -0.1) is 0 Å². The molecular formula is C26H31N5O4. The zero-order valence-electron chi connectivity index (χ0n) is 20.5. The van der Waals surface area contributed by atoms with Gasteiger partial charge in [0.15, 0.2) is 0 Å². The van der Waals surface area contributed by atoms with Crippen LogP contribution in [0.25, 0.3) is 11.1 Å². The standard InChI is InChI=1S/C26H31N5O4/c1-26(2,3)35-25(33)31(21-7-5-19(6-8-21)20-11-16-34-18-20)28-24(32)23-10-9-22(17-27-23)30-14-12-29(4)13-15-30/h5-11,16-18H,12-15H2,1-4H3,(H,28,32). The fourth-order valence-corrected chi connectivity index (χ4v) is 3.69. The molecule has 0 unspecified atom stereocenters. The number of ether oxygens (including phenoxy) is 1. The van der Waals surface area contributed by atoms with Crippen LogP contribution in [0.15, 0.2) is 65.6 Å². The number of furan rings is 1. The Kier molecular flexibility index (Phi) is 7.07. The molecule has 2 amide bonds. The first kappa shape index (κ1) is 24.3. The van der Waals surface area contributed by atoms with Gasteiger partial charge in [-0.05, 0) is 63.7 Å². The van der Waals surface area contributed by atoms with Crippen molar-refractivity contribution in [2.75, 3.05) is 43.1 Å². The monoisotopic (exact) mass is 477 g/mol. The van der Waals surface area contributed by atoms with Crippen molar-refractivity contribution in [1.82, 2.24) is 15.3 Å². The zero-order chi connectivity index (χ0) is 25.0. The number of likely N-dealkylation sites (N-methyl/N-ethyl adjacent to an activating group) is 1. The van der Waals surface area contributed by atoms with E-state index in [0.29, 0.717) is 5.69 Å². The fraction of sp³-hybridized carbons (Fsp3) is 0.346. The molecule has 3 heterocycles. The van der Waals surface area contributed by atoms with E-state index in [4.69, 9.17) is 9.15 Å². The Hall–Kier alpha value is -3.85. The summed E-state index contributed by atoms with van der Waals surface area (Å²) in [6, 6.07) is 12.5. The Bertz CT molecular complexity index is 1130. The van der Waals surface area contributed by atoms with Crippen LogP contribution < -0.4 is 15.3 Å². The van der Waals surface area contributed by atoms with Crippen molar-refractivity contribution in [3.63, 3.8) is 0 Å². The second-order valence-corrected chi connectivity index (χ2v) is 9.51. The molecule has 4 rings (SSSR count). The van der Waals surface area contributed by atoms with E-state index in [1.54, 1.807) is 57.7 Å². The minimum absolute atomic E-state index is 0.200. The SMILES string of the molecule is CN1CCN(c2ccc(C(=O)NN(C(=O)OC(C)(C)C)c3ccc(-c4ccoc4)cc3)nc2)CC1. The topological polar surface area (TPSA) is 91.2 Å². The van der Waals surface area contributed by atoms with Gasteiger partial charge in [-0.3, -0.25) is 10.2 Å². The van der Waals surface area contributed by atoms with E-state index in [1.165, 1.54) is 0 Å². The van der Waals surface area contributed by atoms with Crippen molar-refractivity contribution in [3.05, 3.63) is 66.9 Å². The molecule has 9 heteroatoms. The van der Waals surface area contributed by atoms with Crippen LogP contribution in [-0.4, -0.2) is 60.7 Å². The lowest BCUT2D eigenvalue weighted by Gasteiger charge is -2.33. The molecule has 1 aromatic carbocycles. The van der Waals surface area contributed by atoms with Crippen LogP contribution in [-0.2, 0) is 4.74 Å². The van der Waals surface area contributed by atoms with Crippen molar-refractivity contribution < 1.29 is 18.7 Å². The van der Waals surface area contributed by atoms with Gasteiger partial charge < -0.3 is 19.0 Å². The molecule has 9 nitrogen and oxygen atoms in total. The van der Waals surface area contributed by atoms with Gasteiger partial charge in [-0.1, -0.05) is 12.1 Å². The molecule has 3 aromatic rings. The molecule has 1 N–H and O–H groups in total. The number of carbonyl (C=O) groups is 2. The highest BCUT2D eigenvalue weighted by Crippen LogP contribution is 2.24. The number of anilines is 2. The molecule has 0 saturated carbocycles. The van der Waals surface area contributed by atoms with Crippen LogP contribution in [0.1, 0.15) is 31.3 Å². The molecule has 1 saturated heterocycles. The number of hydrogen-bond donors (Lipinski definition) is 1. The van der Waals surface area contributed by atoms with Gasteiger partial charge in [0.2, 0.25) is 0 Å². The highest BCUT2D eigenvalue weighted by molar-refractivity contribution is 5.98. The first-order valence-electron chi connectivity index (χ1n) is 11.6. The predicted molar refractivity (Wildman–Crippen MR) is 134 cm³/mol. The van der Waals surface area contributed by atoms with Gasteiger partial charge in [0, 0.05) is 31.7 Å². The van der Waals surface area contributed by atoms with Gasteiger partial charge in [0.05, 0.1) is 30.1 Å². The van der Waals surface area contributed by atoms with Gasteiger partial charge in [0.25, 0.3) is 5.91 Å². The second-order valence-electron chi connectivity index (χ2n) is 9.51. The number of carbonyl (C=O) groups excluding carboxylic acids is 2. The molecular weight excluding hydrogens is 446 g/mol. The third kappa shape index (κ3) is 6.19.